The predicted molar refractivity (Wildman–Crippen MR) is 117 cm³/mol. The van der Waals surface area contributed by atoms with E-state index in [0.717, 1.165) is 23.4 Å². The second kappa shape index (κ2) is 7.32. The topological polar surface area (TPSA) is 58.1 Å². The Morgan fingerprint density at radius 1 is 1.03 bits per heavy atom. The summed E-state index contributed by atoms with van der Waals surface area (Å²) in [5, 5.41) is 3.01. The van der Waals surface area contributed by atoms with Crippen LogP contribution in [-0.2, 0) is 11.8 Å². The smallest absolute Gasteiger partial charge is 0.258 e. The zero-order valence-corrected chi connectivity index (χ0v) is 17.3. The highest BCUT2D eigenvalue weighted by Crippen LogP contribution is 2.36. The Labute approximate surface area is 171 Å². The number of rotatable bonds is 3. The van der Waals surface area contributed by atoms with Crippen molar-refractivity contribution in [1.29, 1.82) is 0 Å². The molecule has 5 nitrogen and oxygen atoms in total. The summed E-state index contributed by atoms with van der Waals surface area (Å²) in [6, 6.07) is 16.5. The van der Waals surface area contributed by atoms with Gasteiger partial charge in [-0.05, 0) is 42.0 Å². The number of anilines is 3. The Bertz CT molecular complexity index is 1040. The fourth-order valence-corrected chi connectivity index (χ4v) is 3.87. The summed E-state index contributed by atoms with van der Waals surface area (Å²) < 4.78 is 0. The third-order valence-electron chi connectivity index (χ3n) is 5.31. The zero-order chi connectivity index (χ0) is 20.6. The molecule has 2 aromatic carbocycles. The first-order valence-electron chi connectivity index (χ1n) is 9.94. The minimum absolute atomic E-state index is 0.0660. The molecule has 4 rings (SSSR count). The van der Waals surface area contributed by atoms with Crippen LogP contribution in [-0.4, -0.2) is 21.9 Å². The Kier molecular flexibility index (Phi) is 4.82. The summed E-state index contributed by atoms with van der Waals surface area (Å²) >= 11 is 0. The highest BCUT2D eigenvalue weighted by molar-refractivity contribution is 6.04. The van der Waals surface area contributed by atoms with E-state index in [0.29, 0.717) is 11.5 Å². The molecule has 5 heteroatoms. The molecule has 0 saturated carbocycles. The molecule has 0 saturated heterocycles. The third kappa shape index (κ3) is 3.73. The minimum atomic E-state index is -0.205. The Morgan fingerprint density at radius 3 is 2.41 bits per heavy atom. The van der Waals surface area contributed by atoms with Crippen LogP contribution in [0, 0.1) is 0 Å². The third-order valence-corrected chi connectivity index (χ3v) is 5.31. The quantitative estimate of drug-likeness (QED) is 0.680. The minimum Gasteiger partial charge on any atom is -0.322 e. The van der Waals surface area contributed by atoms with Crippen molar-refractivity contribution in [2.75, 3.05) is 10.2 Å². The number of amides is 1. The lowest BCUT2D eigenvalue weighted by Crippen LogP contribution is -2.26. The maximum Gasteiger partial charge on any atom is 0.258 e. The van der Waals surface area contributed by atoms with E-state index in [1.54, 1.807) is 12.4 Å². The van der Waals surface area contributed by atoms with E-state index in [1.807, 2.05) is 30.3 Å². The van der Waals surface area contributed by atoms with Crippen molar-refractivity contribution in [3.63, 3.8) is 0 Å². The van der Waals surface area contributed by atoms with Gasteiger partial charge in [0, 0.05) is 29.8 Å². The van der Waals surface area contributed by atoms with Crippen LogP contribution in [0.4, 0.5) is 17.3 Å². The molecule has 0 aliphatic carbocycles. The molecule has 1 amide bonds. The number of hydrogen-bond acceptors (Lipinski definition) is 4. The number of fused-ring (bicyclic) bond motifs is 1. The van der Waals surface area contributed by atoms with Crippen LogP contribution in [0.1, 0.15) is 49.2 Å². The molecular weight excluding hydrogens is 360 g/mol. The van der Waals surface area contributed by atoms with Crippen LogP contribution < -0.4 is 10.2 Å². The largest absolute Gasteiger partial charge is 0.322 e. The summed E-state index contributed by atoms with van der Waals surface area (Å²) in [7, 11) is 0. The molecule has 29 heavy (non-hydrogen) atoms. The van der Waals surface area contributed by atoms with Crippen molar-refractivity contribution in [3.8, 4) is 0 Å². The van der Waals surface area contributed by atoms with Crippen LogP contribution in [0.25, 0.3) is 0 Å². The normalized spacial score (nSPS) is 15.9. The molecule has 0 fully saturated rings. The van der Waals surface area contributed by atoms with E-state index >= 15 is 0 Å². The number of carbonyl (C=O) groups excluding carboxylic acids is 1. The number of hydrogen-bond donors (Lipinski definition) is 1. The fraction of sp³-hybridized carbons (Fsp3) is 0.292. The molecular formula is C24H26N4O. The highest BCUT2D eigenvalue weighted by Gasteiger charge is 2.28. The van der Waals surface area contributed by atoms with Gasteiger partial charge in [0.2, 0.25) is 5.95 Å². The van der Waals surface area contributed by atoms with Gasteiger partial charge in [0.05, 0.1) is 5.56 Å². The second-order valence-corrected chi connectivity index (χ2v) is 8.57. The van der Waals surface area contributed by atoms with Gasteiger partial charge in [-0.3, -0.25) is 4.79 Å². The van der Waals surface area contributed by atoms with Crippen LogP contribution in [0.2, 0.25) is 0 Å². The second-order valence-electron chi connectivity index (χ2n) is 8.57. The van der Waals surface area contributed by atoms with Crippen LogP contribution in [0.3, 0.4) is 0 Å². The van der Waals surface area contributed by atoms with E-state index in [-0.39, 0.29) is 17.4 Å². The van der Waals surface area contributed by atoms with E-state index < -0.39 is 0 Å². The molecule has 1 aliphatic rings. The molecule has 1 atom stereocenters. The Balaban J connectivity index is 1.56. The van der Waals surface area contributed by atoms with Crippen molar-refractivity contribution >= 4 is 23.2 Å². The van der Waals surface area contributed by atoms with Gasteiger partial charge in [0.1, 0.15) is 0 Å². The van der Waals surface area contributed by atoms with Crippen LogP contribution in [0.15, 0.2) is 60.9 Å². The van der Waals surface area contributed by atoms with E-state index in [4.69, 9.17) is 0 Å². The number of benzene rings is 2. The molecule has 1 N–H and O–H groups in total. The first kappa shape index (κ1) is 19.1. The predicted octanol–water partition coefficient (Wildman–Crippen LogP) is 5.11. The maximum atomic E-state index is 12.8. The van der Waals surface area contributed by atoms with Gasteiger partial charge < -0.3 is 10.2 Å². The van der Waals surface area contributed by atoms with Gasteiger partial charge in [-0.1, -0.05) is 57.2 Å². The fourth-order valence-electron chi connectivity index (χ4n) is 3.87. The Hall–Kier alpha value is -3.21. The average Bonchev–Trinajstić information content (AvgIpc) is 3.03. The first-order chi connectivity index (χ1) is 13.8. The molecule has 1 aromatic heterocycles. The monoisotopic (exact) mass is 386 g/mol. The van der Waals surface area contributed by atoms with E-state index in [9.17, 15) is 4.79 Å². The number of para-hydroxylation sites is 2. The average molecular weight is 386 g/mol. The number of nitrogens with zero attached hydrogens (tertiary/aromatic N) is 3. The Morgan fingerprint density at radius 2 is 1.69 bits per heavy atom. The maximum absolute atomic E-state index is 12.8. The molecule has 0 spiro atoms. The summed E-state index contributed by atoms with van der Waals surface area (Å²) in [4.78, 5) is 23.9. The standard InChI is InChI=1S/C24H26N4O/c1-16-13-17-9-5-8-12-21(17)28(16)23-25-14-18(15-26-23)22(29)27-20-11-7-6-10-19(20)24(2,3)4/h5-12,14-16H,13H2,1-4H3,(H,27,29). The van der Waals surface area contributed by atoms with Gasteiger partial charge in [-0.15, -0.1) is 0 Å². The lowest BCUT2D eigenvalue weighted by atomic mass is 9.86. The van der Waals surface area contributed by atoms with Gasteiger partial charge in [-0.2, -0.15) is 0 Å². The lowest BCUT2D eigenvalue weighted by molar-refractivity contribution is 0.102. The van der Waals surface area contributed by atoms with E-state index in [2.05, 4.69) is 66.1 Å². The molecule has 0 bridgehead atoms. The SMILES string of the molecule is CC1Cc2ccccc2N1c1ncc(C(=O)Nc2ccccc2C(C)(C)C)cn1. The van der Waals surface area contributed by atoms with Crippen molar-refractivity contribution < 1.29 is 4.79 Å². The van der Waals surface area contributed by atoms with Crippen LogP contribution in [0.5, 0.6) is 0 Å². The van der Waals surface area contributed by atoms with Gasteiger partial charge in [0.25, 0.3) is 5.91 Å². The number of nitrogens with one attached hydrogen (secondary N) is 1. The zero-order valence-electron chi connectivity index (χ0n) is 17.3. The summed E-state index contributed by atoms with van der Waals surface area (Å²) in [6.45, 7) is 8.55. The summed E-state index contributed by atoms with van der Waals surface area (Å²) in [5.74, 6) is 0.414. The van der Waals surface area contributed by atoms with Crippen molar-refractivity contribution in [1.82, 2.24) is 9.97 Å². The summed E-state index contributed by atoms with van der Waals surface area (Å²) in [6.07, 6.45) is 4.17. The highest BCUT2D eigenvalue weighted by atomic mass is 16.1. The van der Waals surface area contributed by atoms with Crippen LogP contribution >= 0.6 is 0 Å². The molecule has 3 aromatic rings. The number of carbonyl (C=O) groups is 1. The molecule has 1 unspecified atom stereocenters. The van der Waals surface area contributed by atoms with Crippen molar-refractivity contribution in [2.45, 2.75) is 45.6 Å². The van der Waals surface area contributed by atoms with Gasteiger partial charge in [-0.25, -0.2) is 9.97 Å². The van der Waals surface area contributed by atoms with Crippen molar-refractivity contribution in [2.24, 2.45) is 0 Å². The van der Waals surface area contributed by atoms with Crippen molar-refractivity contribution in [3.05, 3.63) is 77.6 Å². The number of aromatic nitrogens is 2. The lowest BCUT2D eigenvalue weighted by Gasteiger charge is -2.23. The summed E-state index contributed by atoms with van der Waals surface area (Å²) in [5.41, 5.74) is 4.71. The molecule has 0 radical (unpaired) electrons. The molecule has 148 valence electrons. The first-order valence-corrected chi connectivity index (χ1v) is 9.94. The molecule has 2 heterocycles. The van der Waals surface area contributed by atoms with Gasteiger partial charge >= 0.3 is 0 Å². The molecule has 1 aliphatic heterocycles. The van der Waals surface area contributed by atoms with Gasteiger partial charge in [0.15, 0.2) is 0 Å². The van der Waals surface area contributed by atoms with E-state index in [1.165, 1.54) is 5.56 Å².